The Bertz CT molecular complexity index is 719. The molecule has 1 aromatic carbocycles. The number of amidine groups is 1. The smallest absolute Gasteiger partial charge is 0.324 e. The second-order valence-electron chi connectivity index (χ2n) is 5.83. The van der Waals surface area contributed by atoms with E-state index < -0.39 is 18.0 Å². The van der Waals surface area contributed by atoms with Gasteiger partial charge in [-0.2, -0.15) is 0 Å². The number of ether oxygens (including phenoxy) is 1. The zero-order valence-corrected chi connectivity index (χ0v) is 15.0. The van der Waals surface area contributed by atoms with Gasteiger partial charge in [-0.3, -0.25) is 14.5 Å². The number of nitrogens with one attached hydrogen (secondary N) is 2. The minimum atomic E-state index is -0.636. The highest BCUT2D eigenvalue weighted by Gasteiger charge is 2.37. The molecule has 0 saturated carbocycles. The van der Waals surface area contributed by atoms with Gasteiger partial charge in [0.25, 0.3) is 5.91 Å². The summed E-state index contributed by atoms with van der Waals surface area (Å²) in [6, 6.07) is 5.76. The molecule has 5 N–H and O–H groups in total. The van der Waals surface area contributed by atoms with Crippen LogP contribution in [-0.4, -0.2) is 59.6 Å². The minimum Gasteiger partial charge on any atom is -0.466 e. The zero-order valence-electron chi connectivity index (χ0n) is 15.0. The van der Waals surface area contributed by atoms with Crippen molar-refractivity contribution in [2.75, 3.05) is 25.0 Å². The molecule has 1 atom stereocenters. The number of rotatable bonds is 9. The topological polar surface area (TPSA) is 146 Å². The molecule has 1 fully saturated rings. The molecule has 2 rings (SSSR count). The first-order valence-corrected chi connectivity index (χ1v) is 8.55. The highest BCUT2D eigenvalue weighted by molar-refractivity contribution is 6.04. The Hall–Kier alpha value is -3.30. The van der Waals surface area contributed by atoms with Gasteiger partial charge in [-0.1, -0.05) is 5.16 Å². The number of anilines is 1. The largest absolute Gasteiger partial charge is 0.466 e. The third kappa shape index (κ3) is 5.33. The van der Waals surface area contributed by atoms with E-state index in [1.54, 1.807) is 31.2 Å². The van der Waals surface area contributed by atoms with E-state index in [0.29, 0.717) is 18.5 Å². The summed E-state index contributed by atoms with van der Waals surface area (Å²) in [4.78, 5) is 36.6. The Morgan fingerprint density at radius 2 is 2.07 bits per heavy atom. The number of imide groups is 1. The second kappa shape index (κ2) is 9.41. The summed E-state index contributed by atoms with van der Waals surface area (Å²) in [5, 5.41) is 17.3. The van der Waals surface area contributed by atoms with Crippen LogP contribution in [0.1, 0.15) is 25.3 Å². The molecular formula is C17H23N5O5. The van der Waals surface area contributed by atoms with E-state index in [-0.39, 0.29) is 31.3 Å². The summed E-state index contributed by atoms with van der Waals surface area (Å²) in [7, 11) is 0. The molecular weight excluding hydrogens is 354 g/mol. The summed E-state index contributed by atoms with van der Waals surface area (Å²) < 4.78 is 4.80. The van der Waals surface area contributed by atoms with E-state index in [1.807, 2.05) is 0 Å². The zero-order chi connectivity index (χ0) is 19.8. The Morgan fingerprint density at radius 1 is 1.37 bits per heavy atom. The number of esters is 1. The van der Waals surface area contributed by atoms with Crippen molar-refractivity contribution in [3.8, 4) is 0 Å². The molecule has 10 heteroatoms. The maximum Gasteiger partial charge on any atom is 0.324 e. The van der Waals surface area contributed by atoms with Crippen LogP contribution in [0.5, 0.6) is 0 Å². The summed E-state index contributed by atoms with van der Waals surface area (Å²) in [5.74, 6) is -0.782. The van der Waals surface area contributed by atoms with Crippen molar-refractivity contribution in [1.29, 1.82) is 0 Å². The van der Waals surface area contributed by atoms with E-state index in [4.69, 9.17) is 15.7 Å². The van der Waals surface area contributed by atoms with Crippen LogP contribution in [0.2, 0.25) is 0 Å². The highest BCUT2D eigenvalue weighted by atomic mass is 16.5. The first-order chi connectivity index (χ1) is 13.0. The maximum absolute atomic E-state index is 12.3. The van der Waals surface area contributed by atoms with Crippen LogP contribution >= 0.6 is 0 Å². The number of oxime groups is 1. The van der Waals surface area contributed by atoms with Crippen LogP contribution in [-0.2, 0) is 14.3 Å². The SMILES string of the molecule is CCOC(=O)CCN1C(=O)N[C@@H](CCNc2ccc(/C(N)=N/O)cc2)C1=O. The number of nitrogens with zero attached hydrogens (tertiary/aromatic N) is 2. The normalized spacial score (nSPS) is 17.0. The summed E-state index contributed by atoms with van der Waals surface area (Å²) in [5.41, 5.74) is 6.87. The number of urea groups is 1. The van der Waals surface area contributed by atoms with Crippen LogP contribution in [0, 0.1) is 0 Å². The average molecular weight is 377 g/mol. The van der Waals surface area contributed by atoms with Gasteiger partial charge < -0.3 is 26.3 Å². The molecule has 1 heterocycles. The summed E-state index contributed by atoms with van der Waals surface area (Å²) in [6.07, 6.45) is 0.368. The van der Waals surface area contributed by atoms with Crippen molar-refractivity contribution in [3.05, 3.63) is 29.8 Å². The predicted molar refractivity (Wildman–Crippen MR) is 97.3 cm³/mol. The van der Waals surface area contributed by atoms with Gasteiger partial charge in [0, 0.05) is 24.3 Å². The molecule has 27 heavy (non-hydrogen) atoms. The summed E-state index contributed by atoms with van der Waals surface area (Å²) >= 11 is 0. The predicted octanol–water partition coefficient (Wildman–Crippen LogP) is 0.457. The Balaban J connectivity index is 1.80. The highest BCUT2D eigenvalue weighted by Crippen LogP contribution is 2.13. The molecule has 146 valence electrons. The van der Waals surface area contributed by atoms with Gasteiger partial charge in [-0.15, -0.1) is 0 Å². The van der Waals surface area contributed by atoms with E-state index in [0.717, 1.165) is 10.6 Å². The third-order valence-electron chi connectivity index (χ3n) is 4.00. The van der Waals surface area contributed by atoms with Gasteiger partial charge in [-0.05, 0) is 37.6 Å². The van der Waals surface area contributed by atoms with E-state index in [1.165, 1.54) is 0 Å². The number of carbonyl (C=O) groups is 3. The van der Waals surface area contributed by atoms with Crippen molar-refractivity contribution in [3.63, 3.8) is 0 Å². The Morgan fingerprint density at radius 3 is 2.70 bits per heavy atom. The fraction of sp³-hybridized carbons (Fsp3) is 0.412. The van der Waals surface area contributed by atoms with Gasteiger partial charge in [0.05, 0.1) is 13.0 Å². The number of carbonyl (C=O) groups excluding carboxylic acids is 3. The maximum atomic E-state index is 12.3. The lowest BCUT2D eigenvalue weighted by Crippen LogP contribution is -2.34. The van der Waals surface area contributed by atoms with Crippen LogP contribution in [0.15, 0.2) is 29.4 Å². The van der Waals surface area contributed by atoms with Gasteiger partial charge in [0.2, 0.25) is 0 Å². The van der Waals surface area contributed by atoms with E-state index in [2.05, 4.69) is 15.8 Å². The molecule has 1 aliphatic heterocycles. The average Bonchev–Trinajstić information content (AvgIpc) is 2.93. The van der Waals surface area contributed by atoms with Crippen LogP contribution < -0.4 is 16.4 Å². The van der Waals surface area contributed by atoms with Crippen molar-refractivity contribution in [2.24, 2.45) is 10.9 Å². The van der Waals surface area contributed by atoms with Crippen molar-refractivity contribution in [1.82, 2.24) is 10.2 Å². The number of benzene rings is 1. The van der Waals surface area contributed by atoms with Gasteiger partial charge in [0.1, 0.15) is 6.04 Å². The molecule has 1 aromatic rings. The lowest BCUT2D eigenvalue weighted by Gasteiger charge is -2.13. The molecule has 1 aliphatic rings. The number of hydrogen-bond donors (Lipinski definition) is 4. The molecule has 0 aliphatic carbocycles. The van der Waals surface area contributed by atoms with Gasteiger partial charge >= 0.3 is 12.0 Å². The number of amides is 3. The molecule has 3 amide bonds. The molecule has 0 radical (unpaired) electrons. The standard InChI is InChI=1S/C17H23N5O5/c1-2-27-14(23)8-10-22-16(24)13(20-17(22)25)7-9-19-12-5-3-11(4-6-12)15(18)21-26/h3-6,13,19,26H,2,7-10H2,1H3,(H2,18,21)(H,20,25)/t13-/m0/s1. The minimum absolute atomic E-state index is 0.00270. The lowest BCUT2D eigenvalue weighted by atomic mass is 10.1. The van der Waals surface area contributed by atoms with Gasteiger partial charge in [-0.25, -0.2) is 4.79 Å². The van der Waals surface area contributed by atoms with Crippen molar-refractivity contribution in [2.45, 2.75) is 25.8 Å². The monoisotopic (exact) mass is 377 g/mol. The molecule has 1 saturated heterocycles. The Labute approximate surface area is 156 Å². The molecule has 0 aromatic heterocycles. The van der Waals surface area contributed by atoms with Crippen molar-refractivity contribution < 1.29 is 24.3 Å². The van der Waals surface area contributed by atoms with E-state index >= 15 is 0 Å². The van der Waals surface area contributed by atoms with Crippen LogP contribution in [0.25, 0.3) is 0 Å². The number of hydrogen-bond acceptors (Lipinski definition) is 7. The second-order valence-corrected chi connectivity index (χ2v) is 5.83. The molecule has 0 unspecified atom stereocenters. The fourth-order valence-corrected chi connectivity index (χ4v) is 2.60. The van der Waals surface area contributed by atoms with Crippen LogP contribution in [0.4, 0.5) is 10.5 Å². The van der Waals surface area contributed by atoms with Crippen LogP contribution in [0.3, 0.4) is 0 Å². The third-order valence-corrected chi connectivity index (χ3v) is 4.00. The number of nitrogens with two attached hydrogens (primary N) is 1. The molecule has 10 nitrogen and oxygen atoms in total. The van der Waals surface area contributed by atoms with Crippen molar-refractivity contribution >= 4 is 29.4 Å². The lowest BCUT2D eigenvalue weighted by molar-refractivity contribution is -0.143. The Kier molecular flexibility index (Phi) is 6.98. The molecule has 0 bridgehead atoms. The first kappa shape index (κ1) is 20.0. The first-order valence-electron chi connectivity index (χ1n) is 8.55. The van der Waals surface area contributed by atoms with Gasteiger partial charge in [0.15, 0.2) is 5.84 Å². The fourth-order valence-electron chi connectivity index (χ4n) is 2.60. The summed E-state index contributed by atoms with van der Waals surface area (Å²) in [6.45, 7) is 2.40. The van der Waals surface area contributed by atoms with E-state index in [9.17, 15) is 14.4 Å². The molecule has 0 spiro atoms. The quantitative estimate of drug-likeness (QED) is 0.122.